The number of carboxylic acids is 1. The number of carbonyl (C=O) groups is 1. The molecule has 0 spiro atoms. The van der Waals surface area contributed by atoms with E-state index in [0.29, 0.717) is 13.1 Å². The lowest BCUT2D eigenvalue weighted by molar-refractivity contribution is -0.139. The Hall–Kier alpha value is -1.07. The molecule has 0 amide bonds. The Labute approximate surface area is 122 Å². The molecule has 0 fully saturated rings. The highest BCUT2D eigenvalue weighted by Gasteiger charge is 2.21. The Balaban J connectivity index is 2.49. The maximum Gasteiger partial charge on any atom is 0.303 e. The van der Waals surface area contributed by atoms with Crippen LogP contribution in [0.2, 0.25) is 0 Å². The number of ether oxygens (including phenoxy) is 1. The Morgan fingerprint density at radius 1 is 1.47 bits per heavy atom. The highest BCUT2D eigenvalue weighted by molar-refractivity contribution is 9.10. The van der Waals surface area contributed by atoms with E-state index in [2.05, 4.69) is 21.2 Å². The normalized spacial score (nSPS) is 11.4. The van der Waals surface area contributed by atoms with Crippen molar-refractivity contribution in [3.05, 3.63) is 28.2 Å². The van der Waals surface area contributed by atoms with E-state index >= 15 is 0 Å². The Kier molecular flexibility index (Phi) is 5.82. The van der Waals surface area contributed by atoms with E-state index in [1.807, 2.05) is 32.0 Å². The molecule has 0 bridgehead atoms. The van der Waals surface area contributed by atoms with Crippen LogP contribution in [0.25, 0.3) is 0 Å². The van der Waals surface area contributed by atoms with E-state index in [1.54, 1.807) is 7.11 Å². The average Bonchev–Trinajstić information content (AvgIpc) is 2.27. The smallest absolute Gasteiger partial charge is 0.303 e. The van der Waals surface area contributed by atoms with E-state index in [4.69, 9.17) is 9.84 Å². The molecule has 4 nitrogen and oxygen atoms in total. The fourth-order valence-corrected chi connectivity index (χ4v) is 2.43. The van der Waals surface area contributed by atoms with Crippen molar-refractivity contribution >= 4 is 21.9 Å². The molecule has 1 aromatic carbocycles. The van der Waals surface area contributed by atoms with Crippen LogP contribution >= 0.6 is 15.9 Å². The van der Waals surface area contributed by atoms with Crippen molar-refractivity contribution < 1.29 is 14.6 Å². The minimum atomic E-state index is -0.765. The van der Waals surface area contributed by atoms with Crippen LogP contribution < -0.4 is 10.1 Å². The predicted molar refractivity (Wildman–Crippen MR) is 78.4 cm³/mol. The molecule has 1 rings (SSSR count). The third-order valence-electron chi connectivity index (χ3n) is 2.78. The minimum absolute atomic E-state index is 0.159. The molecule has 0 aliphatic rings. The van der Waals surface area contributed by atoms with Crippen molar-refractivity contribution in [2.45, 2.75) is 26.8 Å². The molecule has 0 unspecified atom stereocenters. The van der Waals surface area contributed by atoms with Gasteiger partial charge in [0.05, 0.1) is 18.0 Å². The number of methoxy groups -OCH3 is 1. The van der Waals surface area contributed by atoms with Gasteiger partial charge in [0.2, 0.25) is 0 Å². The van der Waals surface area contributed by atoms with E-state index in [9.17, 15) is 4.79 Å². The van der Waals surface area contributed by atoms with Gasteiger partial charge in [0.1, 0.15) is 5.75 Å². The molecular weight excluding hydrogens is 310 g/mol. The lowest BCUT2D eigenvalue weighted by Crippen LogP contribution is -2.31. The summed E-state index contributed by atoms with van der Waals surface area (Å²) in [5.74, 6) is 0.0361. The van der Waals surface area contributed by atoms with Gasteiger partial charge >= 0.3 is 5.97 Å². The van der Waals surface area contributed by atoms with E-state index in [0.717, 1.165) is 15.8 Å². The van der Waals surface area contributed by atoms with Gasteiger partial charge in [-0.2, -0.15) is 0 Å². The first-order valence-corrected chi connectivity index (χ1v) is 6.88. The highest BCUT2D eigenvalue weighted by atomic mass is 79.9. The van der Waals surface area contributed by atoms with E-state index in [-0.39, 0.29) is 11.8 Å². The molecule has 19 heavy (non-hydrogen) atoms. The second kappa shape index (κ2) is 6.91. The summed E-state index contributed by atoms with van der Waals surface area (Å²) in [5, 5.41) is 12.1. The number of benzene rings is 1. The van der Waals surface area contributed by atoms with Crippen LogP contribution in [0.4, 0.5) is 0 Å². The molecule has 1 aromatic rings. The van der Waals surface area contributed by atoms with Gasteiger partial charge in [-0.1, -0.05) is 19.9 Å². The monoisotopic (exact) mass is 329 g/mol. The molecule has 0 saturated heterocycles. The summed E-state index contributed by atoms with van der Waals surface area (Å²) >= 11 is 3.44. The summed E-state index contributed by atoms with van der Waals surface area (Å²) in [6, 6.07) is 5.89. The molecule has 0 atom stereocenters. The summed E-state index contributed by atoms with van der Waals surface area (Å²) in [7, 11) is 1.63. The van der Waals surface area contributed by atoms with Crippen LogP contribution in [-0.4, -0.2) is 24.7 Å². The lowest BCUT2D eigenvalue weighted by Gasteiger charge is -2.22. The lowest BCUT2D eigenvalue weighted by atomic mass is 9.89. The first-order valence-electron chi connectivity index (χ1n) is 6.09. The molecule has 2 N–H and O–H groups in total. The van der Waals surface area contributed by atoms with Gasteiger partial charge in [0.15, 0.2) is 0 Å². The minimum Gasteiger partial charge on any atom is -0.496 e. The number of hydrogen-bond acceptors (Lipinski definition) is 3. The van der Waals surface area contributed by atoms with Gasteiger partial charge in [-0.3, -0.25) is 4.79 Å². The van der Waals surface area contributed by atoms with Crippen LogP contribution in [0.3, 0.4) is 0 Å². The van der Waals surface area contributed by atoms with Crippen molar-refractivity contribution in [2.24, 2.45) is 5.41 Å². The summed E-state index contributed by atoms with van der Waals surface area (Å²) in [5.41, 5.74) is 0.869. The van der Waals surface area contributed by atoms with Crippen LogP contribution in [0.1, 0.15) is 25.8 Å². The fourth-order valence-electron chi connectivity index (χ4n) is 1.84. The maximum atomic E-state index is 10.7. The van der Waals surface area contributed by atoms with Crippen molar-refractivity contribution in [2.75, 3.05) is 13.7 Å². The standard InChI is InChI=1S/C14H20BrNO3/c1-14(2,7-13(17)18)9-16-8-10-4-5-12(19-3)11(15)6-10/h4-6,16H,7-9H2,1-3H3,(H,17,18). The molecule has 0 aliphatic carbocycles. The van der Waals surface area contributed by atoms with Crippen LogP contribution in [-0.2, 0) is 11.3 Å². The number of aliphatic carboxylic acids is 1. The van der Waals surface area contributed by atoms with Gasteiger partial charge in [-0.05, 0) is 39.0 Å². The second-order valence-corrected chi connectivity index (χ2v) is 6.16. The largest absolute Gasteiger partial charge is 0.496 e. The van der Waals surface area contributed by atoms with Crippen LogP contribution in [0.5, 0.6) is 5.75 Å². The number of nitrogens with one attached hydrogen (secondary N) is 1. The molecule has 0 radical (unpaired) electrons. The number of hydrogen-bond donors (Lipinski definition) is 2. The number of rotatable bonds is 7. The van der Waals surface area contributed by atoms with Crippen molar-refractivity contribution in [3.63, 3.8) is 0 Å². The number of carboxylic acid groups (broad SMARTS) is 1. The van der Waals surface area contributed by atoms with Gasteiger partial charge < -0.3 is 15.2 Å². The Bertz CT molecular complexity index is 446. The van der Waals surface area contributed by atoms with Gasteiger partial charge in [0.25, 0.3) is 0 Å². The zero-order valence-corrected chi connectivity index (χ0v) is 13.1. The molecule has 0 heterocycles. The highest BCUT2D eigenvalue weighted by Crippen LogP contribution is 2.25. The second-order valence-electron chi connectivity index (χ2n) is 5.31. The summed E-state index contributed by atoms with van der Waals surface area (Å²) in [6.45, 7) is 5.24. The molecule has 106 valence electrons. The summed E-state index contributed by atoms with van der Waals surface area (Å²) in [6.07, 6.45) is 0.159. The first kappa shape index (κ1) is 16.0. The third-order valence-corrected chi connectivity index (χ3v) is 3.40. The molecule has 0 aliphatic heterocycles. The summed E-state index contributed by atoms with van der Waals surface area (Å²) < 4.78 is 6.09. The quantitative estimate of drug-likeness (QED) is 0.807. The molecule has 5 heteroatoms. The van der Waals surface area contributed by atoms with Crippen molar-refractivity contribution in [3.8, 4) is 5.75 Å². The van der Waals surface area contributed by atoms with Gasteiger partial charge in [-0.15, -0.1) is 0 Å². The Morgan fingerprint density at radius 3 is 2.68 bits per heavy atom. The SMILES string of the molecule is COc1ccc(CNCC(C)(C)CC(=O)O)cc1Br. The molecular formula is C14H20BrNO3. The first-order chi connectivity index (χ1) is 8.84. The zero-order valence-electron chi connectivity index (χ0n) is 11.5. The van der Waals surface area contributed by atoms with E-state index < -0.39 is 5.97 Å². The maximum absolute atomic E-state index is 10.7. The van der Waals surface area contributed by atoms with Crippen LogP contribution in [0.15, 0.2) is 22.7 Å². The fraction of sp³-hybridized carbons (Fsp3) is 0.500. The number of halogens is 1. The average molecular weight is 330 g/mol. The van der Waals surface area contributed by atoms with E-state index in [1.165, 1.54) is 0 Å². The predicted octanol–water partition coefficient (Wildman–Crippen LogP) is 3.05. The summed E-state index contributed by atoms with van der Waals surface area (Å²) in [4.78, 5) is 10.7. The molecule has 0 saturated carbocycles. The van der Waals surface area contributed by atoms with Crippen LogP contribution in [0, 0.1) is 5.41 Å². The Morgan fingerprint density at radius 2 is 2.16 bits per heavy atom. The molecule has 0 aromatic heterocycles. The topological polar surface area (TPSA) is 58.6 Å². The zero-order chi connectivity index (χ0) is 14.5. The van der Waals surface area contributed by atoms with Crippen molar-refractivity contribution in [1.82, 2.24) is 5.32 Å². The third kappa shape index (κ3) is 5.61. The van der Waals surface area contributed by atoms with Gasteiger partial charge in [0, 0.05) is 13.1 Å². The van der Waals surface area contributed by atoms with Crippen molar-refractivity contribution in [1.29, 1.82) is 0 Å². The van der Waals surface area contributed by atoms with Gasteiger partial charge in [-0.25, -0.2) is 0 Å².